The van der Waals surface area contributed by atoms with Crippen molar-refractivity contribution in [1.29, 1.82) is 0 Å². The molecule has 0 bridgehead atoms. The average Bonchev–Trinajstić information content (AvgIpc) is 2.87. The quantitative estimate of drug-likeness (QED) is 0.795. The number of fused-ring (bicyclic) bond motifs is 1. The fourth-order valence-electron chi connectivity index (χ4n) is 2.83. The second kappa shape index (κ2) is 4.62. The van der Waals surface area contributed by atoms with Crippen LogP contribution in [0, 0.1) is 0 Å². The van der Waals surface area contributed by atoms with Crippen LogP contribution in [0.5, 0.6) is 0 Å². The second-order valence-electron chi connectivity index (χ2n) is 5.04. The first kappa shape index (κ1) is 12.1. The highest BCUT2D eigenvalue weighted by molar-refractivity contribution is 7.89. The summed E-state index contributed by atoms with van der Waals surface area (Å²) in [5.41, 5.74) is 0. The van der Waals surface area contributed by atoms with Gasteiger partial charge in [0, 0.05) is 6.54 Å². The molecule has 1 aromatic heterocycles. The Labute approximate surface area is 107 Å². The number of hydrogen-bond donors (Lipinski definition) is 0. The van der Waals surface area contributed by atoms with E-state index in [-0.39, 0.29) is 5.25 Å². The third-order valence-corrected chi connectivity index (χ3v) is 6.25. The Morgan fingerprint density at radius 1 is 1.17 bits per heavy atom. The largest absolute Gasteiger partial charge is 0.247 e. The van der Waals surface area contributed by atoms with Crippen LogP contribution in [-0.4, -0.2) is 39.3 Å². The van der Waals surface area contributed by atoms with Crippen molar-refractivity contribution in [3.8, 4) is 0 Å². The van der Waals surface area contributed by atoms with Crippen LogP contribution in [0.1, 0.15) is 37.9 Å². The third kappa shape index (κ3) is 2.05. The molecule has 0 unspecified atom stereocenters. The van der Waals surface area contributed by atoms with Crippen LogP contribution in [0.25, 0.3) is 0 Å². The Kier molecular flexibility index (Phi) is 3.11. The molecule has 0 amide bonds. The van der Waals surface area contributed by atoms with Crippen molar-refractivity contribution >= 4 is 10.0 Å². The van der Waals surface area contributed by atoms with E-state index in [0.717, 1.165) is 31.5 Å². The van der Waals surface area contributed by atoms with Crippen molar-refractivity contribution in [2.24, 2.45) is 0 Å². The van der Waals surface area contributed by atoms with Crippen LogP contribution in [0.3, 0.4) is 0 Å². The number of sulfonamides is 1. The average molecular weight is 270 g/mol. The van der Waals surface area contributed by atoms with Crippen molar-refractivity contribution in [3.63, 3.8) is 0 Å². The van der Waals surface area contributed by atoms with E-state index < -0.39 is 10.0 Å². The minimum atomic E-state index is -3.15. The lowest BCUT2D eigenvalue weighted by Crippen LogP contribution is -2.44. The molecule has 0 spiro atoms. The van der Waals surface area contributed by atoms with Gasteiger partial charge in [-0.2, -0.15) is 9.40 Å². The molecule has 1 aromatic rings. The zero-order valence-corrected chi connectivity index (χ0v) is 11.1. The summed E-state index contributed by atoms with van der Waals surface area (Å²) in [6.07, 6.45) is 6.35. The molecule has 7 heteroatoms. The smallest absolute Gasteiger partial charge is 0.217 e. The molecule has 0 saturated heterocycles. The summed E-state index contributed by atoms with van der Waals surface area (Å²) in [6, 6.07) is 0. The molecule has 2 aliphatic rings. The van der Waals surface area contributed by atoms with Crippen molar-refractivity contribution < 1.29 is 8.42 Å². The third-order valence-electron chi connectivity index (χ3n) is 3.91. The minimum Gasteiger partial charge on any atom is -0.247 e. The van der Waals surface area contributed by atoms with Crippen LogP contribution in [0.4, 0.5) is 0 Å². The predicted octanol–water partition coefficient (Wildman–Crippen LogP) is 0.756. The van der Waals surface area contributed by atoms with E-state index in [1.54, 1.807) is 8.99 Å². The van der Waals surface area contributed by atoms with E-state index in [0.29, 0.717) is 19.6 Å². The topological polar surface area (TPSA) is 68.1 Å². The first-order valence-corrected chi connectivity index (χ1v) is 8.04. The maximum Gasteiger partial charge on any atom is 0.217 e. The van der Waals surface area contributed by atoms with Gasteiger partial charge in [-0.1, -0.05) is 19.3 Å². The predicted molar refractivity (Wildman–Crippen MR) is 66.2 cm³/mol. The van der Waals surface area contributed by atoms with Gasteiger partial charge in [0.2, 0.25) is 10.0 Å². The van der Waals surface area contributed by atoms with Crippen LogP contribution in [0.15, 0.2) is 6.33 Å². The molecular formula is C11H18N4O2S. The molecule has 1 aliphatic carbocycles. The Balaban J connectivity index is 1.78. The van der Waals surface area contributed by atoms with Crippen LogP contribution >= 0.6 is 0 Å². The monoisotopic (exact) mass is 270 g/mol. The molecule has 18 heavy (non-hydrogen) atoms. The van der Waals surface area contributed by atoms with Crippen molar-refractivity contribution in [2.45, 2.75) is 50.4 Å². The van der Waals surface area contributed by atoms with Gasteiger partial charge in [-0.3, -0.25) is 0 Å². The standard InChI is InChI=1S/C11H18N4O2S/c16-18(17,10-4-2-1-3-5-10)14-6-7-15-11(8-14)12-9-13-15/h9-10H,1-8H2. The van der Waals surface area contributed by atoms with Crippen LogP contribution < -0.4 is 0 Å². The maximum atomic E-state index is 12.5. The zero-order chi connectivity index (χ0) is 12.6. The van der Waals surface area contributed by atoms with Crippen molar-refractivity contribution in [1.82, 2.24) is 19.1 Å². The summed E-state index contributed by atoms with van der Waals surface area (Å²) in [6.45, 7) is 1.51. The zero-order valence-electron chi connectivity index (χ0n) is 10.3. The summed E-state index contributed by atoms with van der Waals surface area (Å²) < 4.78 is 28.5. The second-order valence-corrected chi connectivity index (χ2v) is 7.25. The lowest BCUT2D eigenvalue weighted by atomic mass is 10.0. The first-order valence-electron chi connectivity index (χ1n) is 6.53. The van der Waals surface area contributed by atoms with E-state index in [1.165, 1.54) is 12.7 Å². The number of hydrogen-bond acceptors (Lipinski definition) is 4. The van der Waals surface area contributed by atoms with E-state index in [1.807, 2.05) is 0 Å². The van der Waals surface area contributed by atoms with Gasteiger partial charge < -0.3 is 0 Å². The van der Waals surface area contributed by atoms with E-state index >= 15 is 0 Å². The summed E-state index contributed by atoms with van der Waals surface area (Å²) in [7, 11) is -3.15. The number of rotatable bonds is 2. The number of aromatic nitrogens is 3. The Morgan fingerprint density at radius 2 is 1.94 bits per heavy atom. The Morgan fingerprint density at radius 3 is 2.72 bits per heavy atom. The van der Waals surface area contributed by atoms with Gasteiger partial charge in [-0.05, 0) is 12.8 Å². The molecule has 0 radical (unpaired) electrons. The summed E-state index contributed by atoms with van der Waals surface area (Å²) in [4.78, 5) is 4.11. The molecule has 2 heterocycles. The highest BCUT2D eigenvalue weighted by Gasteiger charge is 2.35. The van der Waals surface area contributed by atoms with Crippen LogP contribution in [0.2, 0.25) is 0 Å². The Hall–Kier alpha value is -0.950. The van der Waals surface area contributed by atoms with Gasteiger partial charge >= 0.3 is 0 Å². The lowest BCUT2D eigenvalue weighted by molar-refractivity contribution is 0.312. The molecule has 0 atom stereocenters. The van der Waals surface area contributed by atoms with Gasteiger partial charge in [0.1, 0.15) is 12.2 Å². The van der Waals surface area contributed by atoms with Gasteiger partial charge in [0.25, 0.3) is 0 Å². The fraction of sp³-hybridized carbons (Fsp3) is 0.818. The minimum absolute atomic E-state index is 0.180. The number of nitrogens with zero attached hydrogens (tertiary/aromatic N) is 4. The van der Waals surface area contributed by atoms with Gasteiger partial charge in [0.05, 0.1) is 18.3 Å². The molecule has 100 valence electrons. The van der Waals surface area contributed by atoms with E-state index in [4.69, 9.17) is 0 Å². The molecule has 1 fully saturated rings. The lowest BCUT2D eigenvalue weighted by Gasteiger charge is -2.31. The molecule has 1 aliphatic heterocycles. The van der Waals surface area contributed by atoms with Gasteiger partial charge in [0.15, 0.2) is 0 Å². The highest BCUT2D eigenvalue weighted by Crippen LogP contribution is 2.27. The van der Waals surface area contributed by atoms with Gasteiger partial charge in [-0.25, -0.2) is 18.1 Å². The summed E-state index contributed by atoms with van der Waals surface area (Å²) in [5.74, 6) is 0.751. The van der Waals surface area contributed by atoms with Crippen molar-refractivity contribution in [3.05, 3.63) is 12.2 Å². The highest BCUT2D eigenvalue weighted by atomic mass is 32.2. The van der Waals surface area contributed by atoms with E-state index in [9.17, 15) is 8.42 Å². The molecular weight excluding hydrogens is 252 g/mol. The molecule has 6 nitrogen and oxygen atoms in total. The maximum absolute atomic E-state index is 12.5. The summed E-state index contributed by atoms with van der Waals surface area (Å²) >= 11 is 0. The molecule has 0 N–H and O–H groups in total. The summed E-state index contributed by atoms with van der Waals surface area (Å²) in [5, 5.41) is 3.89. The first-order chi connectivity index (χ1) is 8.68. The molecule has 0 aromatic carbocycles. The van der Waals surface area contributed by atoms with Gasteiger partial charge in [-0.15, -0.1) is 0 Å². The Bertz CT molecular complexity index is 519. The SMILES string of the molecule is O=S(=O)(C1CCCCC1)N1CCn2ncnc2C1. The molecule has 3 rings (SSSR count). The normalized spacial score (nSPS) is 22.9. The molecule has 1 saturated carbocycles. The van der Waals surface area contributed by atoms with E-state index in [2.05, 4.69) is 10.1 Å². The van der Waals surface area contributed by atoms with Crippen LogP contribution in [-0.2, 0) is 23.1 Å². The fourth-order valence-corrected chi connectivity index (χ4v) is 4.81. The van der Waals surface area contributed by atoms with Crippen molar-refractivity contribution in [2.75, 3.05) is 6.54 Å².